The van der Waals surface area contributed by atoms with Crippen LogP contribution in [0.3, 0.4) is 0 Å². The van der Waals surface area contributed by atoms with Crippen LogP contribution >= 0.6 is 11.8 Å². The fourth-order valence-corrected chi connectivity index (χ4v) is 3.23. The van der Waals surface area contributed by atoms with Gasteiger partial charge in [0.25, 0.3) is 0 Å². The maximum atomic E-state index is 12.2. The Hall–Kier alpha value is -3.00. The molecule has 2 aromatic carbocycles. The molecule has 0 radical (unpaired) electrons. The van der Waals surface area contributed by atoms with Crippen molar-refractivity contribution in [3.8, 4) is 23.0 Å². The Labute approximate surface area is 160 Å². The predicted octanol–water partition coefficient (Wildman–Crippen LogP) is 3.63. The summed E-state index contributed by atoms with van der Waals surface area (Å²) >= 11 is 1.39. The molecule has 0 unspecified atom stereocenters. The monoisotopic (exact) mass is 383 g/mol. The van der Waals surface area contributed by atoms with Gasteiger partial charge in [0.2, 0.25) is 11.8 Å². The van der Waals surface area contributed by atoms with Gasteiger partial charge in [-0.1, -0.05) is 23.3 Å². The topological polar surface area (TPSA) is 86.5 Å². The molecule has 4 rings (SSSR count). The number of carbonyl (C=O) groups excluding carboxylic acids is 1. The first-order chi connectivity index (χ1) is 13.3. The Kier molecular flexibility index (Phi) is 5.24. The van der Waals surface area contributed by atoms with E-state index < -0.39 is 0 Å². The van der Waals surface area contributed by atoms with Gasteiger partial charge in [-0.25, -0.2) is 0 Å². The van der Waals surface area contributed by atoms with Crippen LogP contribution in [0.15, 0.2) is 57.8 Å². The molecule has 8 heteroatoms. The third-order valence-electron chi connectivity index (χ3n) is 3.78. The molecule has 0 aliphatic carbocycles. The van der Waals surface area contributed by atoms with Crippen LogP contribution in [0.1, 0.15) is 6.42 Å². The number of anilines is 1. The summed E-state index contributed by atoms with van der Waals surface area (Å²) in [6, 6.07) is 15.1. The van der Waals surface area contributed by atoms with Gasteiger partial charge >= 0.3 is 6.01 Å². The first-order valence-electron chi connectivity index (χ1n) is 8.49. The Morgan fingerprint density at radius 1 is 1.04 bits per heavy atom. The van der Waals surface area contributed by atoms with Crippen molar-refractivity contribution >= 4 is 23.7 Å². The quantitative estimate of drug-likeness (QED) is 0.673. The lowest BCUT2D eigenvalue weighted by Crippen LogP contribution is -2.14. The molecule has 0 bridgehead atoms. The number of aromatic nitrogens is 2. The van der Waals surface area contributed by atoms with E-state index in [0.29, 0.717) is 24.9 Å². The fourth-order valence-electron chi connectivity index (χ4n) is 2.51. The second kappa shape index (κ2) is 8.13. The highest BCUT2D eigenvalue weighted by Gasteiger charge is 2.14. The zero-order valence-electron chi connectivity index (χ0n) is 14.4. The van der Waals surface area contributed by atoms with Crippen LogP contribution in [0.25, 0.3) is 11.5 Å². The normalized spacial score (nSPS) is 13.0. The van der Waals surface area contributed by atoms with Crippen molar-refractivity contribution in [2.75, 3.05) is 24.3 Å². The highest BCUT2D eigenvalue weighted by molar-refractivity contribution is 8.00. The van der Waals surface area contributed by atoms with Gasteiger partial charge in [0, 0.05) is 16.9 Å². The van der Waals surface area contributed by atoms with Crippen molar-refractivity contribution < 1.29 is 18.7 Å². The fraction of sp³-hybridized carbons (Fsp3) is 0.211. The Morgan fingerprint density at radius 3 is 2.70 bits per heavy atom. The van der Waals surface area contributed by atoms with Crippen molar-refractivity contribution in [1.82, 2.24) is 10.2 Å². The van der Waals surface area contributed by atoms with Crippen LogP contribution in [0.2, 0.25) is 0 Å². The zero-order valence-corrected chi connectivity index (χ0v) is 15.2. The second-order valence-corrected chi connectivity index (χ2v) is 6.82. The molecule has 1 aromatic heterocycles. The third-order valence-corrected chi connectivity index (χ3v) is 4.77. The molecule has 2 heterocycles. The predicted molar refractivity (Wildman–Crippen MR) is 101 cm³/mol. The maximum Gasteiger partial charge on any atom is 0.322 e. The zero-order chi connectivity index (χ0) is 18.5. The summed E-state index contributed by atoms with van der Waals surface area (Å²) in [5, 5.41) is 10.4. The smallest absolute Gasteiger partial charge is 0.322 e. The number of benzene rings is 2. The van der Waals surface area contributed by atoms with Gasteiger partial charge in [0.1, 0.15) is 0 Å². The van der Waals surface area contributed by atoms with E-state index in [1.807, 2.05) is 48.5 Å². The average Bonchev–Trinajstić information content (AvgIpc) is 3.03. The van der Waals surface area contributed by atoms with Crippen molar-refractivity contribution in [2.45, 2.75) is 11.3 Å². The van der Waals surface area contributed by atoms with Crippen LogP contribution in [0.5, 0.6) is 11.5 Å². The van der Waals surface area contributed by atoms with Gasteiger partial charge in [-0.2, -0.15) is 0 Å². The molecule has 0 atom stereocenters. The molecule has 27 heavy (non-hydrogen) atoms. The van der Waals surface area contributed by atoms with Crippen LogP contribution in [-0.2, 0) is 4.79 Å². The number of hydrogen-bond acceptors (Lipinski definition) is 7. The Bertz CT molecular complexity index is 930. The molecule has 0 saturated heterocycles. The molecule has 0 saturated carbocycles. The Morgan fingerprint density at radius 2 is 1.85 bits per heavy atom. The minimum absolute atomic E-state index is 0.0816. The molecule has 1 N–H and O–H groups in total. The van der Waals surface area contributed by atoms with Crippen molar-refractivity contribution in [2.24, 2.45) is 0 Å². The van der Waals surface area contributed by atoms with Gasteiger partial charge in [-0.3, -0.25) is 10.1 Å². The highest BCUT2D eigenvalue weighted by atomic mass is 32.2. The summed E-state index contributed by atoms with van der Waals surface area (Å²) in [5.41, 5.74) is 0.798. The van der Waals surface area contributed by atoms with Crippen LogP contribution < -0.4 is 14.8 Å². The van der Waals surface area contributed by atoms with Crippen LogP contribution in [-0.4, -0.2) is 35.1 Å². The number of thioether (sulfide) groups is 1. The summed E-state index contributed by atoms with van der Waals surface area (Å²) in [4.78, 5) is 13.1. The van der Waals surface area contributed by atoms with E-state index in [1.54, 1.807) is 0 Å². The number of nitrogens with zero attached hydrogens (tertiary/aromatic N) is 2. The SMILES string of the molecule is O=C(CSc1ccc2c(c1)OCCCO2)Nc1nnc(-c2ccccc2)o1. The lowest BCUT2D eigenvalue weighted by Gasteiger charge is -2.08. The molecule has 138 valence electrons. The standard InChI is InChI=1S/C19H17N3O4S/c23-17(20-19-22-21-18(26-19)13-5-2-1-3-6-13)12-27-14-7-8-15-16(11-14)25-10-4-9-24-15/h1-3,5-8,11H,4,9-10,12H2,(H,20,22,23). The summed E-state index contributed by atoms with van der Waals surface area (Å²) in [6.07, 6.45) is 0.856. The number of fused-ring (bicyclic) bond motifs is 1. The number of rotatable bonds is 5. The van der Waals surface area contributed by atoms with Gasteiger partial charge in [0.05, 0.1) is 19.0 Å². The van der Waals surface area contributed by atoms with E-state index in [4.69, 9.17) is 13.9 Å². The third kappa shape index (κ3) is 4.40. The summed E-state index contributed by atoms with van der Waals surface area (Å²) in [6.45, 7) is 1.28. The van der Waals surface area contributed by atoms with Crippen molar-refractivity contribution in [1.29, 1.82) is 0 Å². The van der Waals surface area contributed by atoms with E-state index in [9.17, 15) is 4.79 Å². The lowest BCUT2D eigenvalue weighted by molar-refractivity contribution is -0.113. The van der Waals surface area contributed by atoms with E-state index in [1.165, 1.54) is 11.8 Å². The molecule has 0 spiro atoms. The highest BCUT2D eigenvalue weighted by Crippen LogP contribution is 2.33. The molecule has 3 aromatic rings. The summed E-state index contributed by atoms with van der Waals surface area (Å²) in [7, 11) is 0. The number of carbonyl (C=O) groups is 1. The largest absolute Gasteiger partial charge is 0.490 e. The summed E-state index contributed by atoms with van der Waals surface area (Å²) < 4.78 is 16.8. The van der Waals surface area contributed by atoms with Crippen LogP contribution in [0, 0.1) is 0 Å². The average molecular weight is 383 g/mol. The minimum atomic E-state index is -0.227. The number of hydrogen-bond donors (Lipinski definition) is 1. The second-order valence-electron chi connectivity index (χ2n) is 5.77. The number of nitrogens with one attached hydrogen (secondary N) is 1. The molecular formula is C19H17N3O4S. The maximum absolute atomic E-state index is 12.2. The first-order valence-corrected chi connectivity index (χ1v) is 9.48. The summed E-state index contributed by atoms with van der Waals surface area (Å²) in [5.74, 6) is 1.79. The lowest BCUT2D eigenvalue weighted by atomic mass is 10.2. The number of amides is 1. The van der Waals surface area contributed by atoms with Crippen molar-refractivity contribution in [3.63, 3.8) is 0 Å². The number of ether oxygens (including phenoxy) is 2. The molecule has 1 amide bonds. The van der Waals surface area contributed by atoms with E-state index in [0.717, 1.165) is 22.6 Å². The molecule has 0 fully saturated rings. The minimum Gasteiger partial charge on any atom is -0.490 e. The van der Waals surface area contributed by atoms with Gasteiger partial charge in [-0.15, -0.1) is 16.9 Å². The van der Waals surface area contributed by atoms with E-state index in [-0.39, 0.29) is 17.7 Å². The first kappa shape index (κ1) is 17.4. The Balaban J connectivity index is 1.34. The van der Waals surface area contributed by atoms with Crippen molar-refractivity contribution in [3.05, 3.63) is 48.5 Å². The molecular weight excluding hydrogens is 366 g/mol. The van der Waals surface area contributed by atoms with Gasteiger partial charge < -0.3 is 13.9 Å². The van der Waals surface area contributed by atoms with Crippen LogP contribution in [0.4, 0.5) is 6.01 Å². The van der Waals surface area contributed by atoms with Gasteiger partial charge in [0.15, 0.2) is 11.5 Å². The molecule has 1 aliphatic rings. The van der Waals surface area contributed by atoms with E-state index in [2.05, 4.69) is 15.5 Å². The van der Waals surface area contributed by atoms with E-state index >= 15 is 0 Å². The van der Waals surface area contributed by atoms with Gasteiger partial charge in [-0.05, 0) is 30.3 Å². The molecule has 1 aliphatic heterocycles. The molecule has 7 nitrogen and oxygen atoms in total.